The number of benzene rings is 3. The standard InChI is InChI=1S/C31H29FN4O3/c1-17(2)26(30(38)33-16-18-11-13-19(32)14-12-18)35-29(37)25-15-23-20-7-5-6-10-24(20)34-27(23)28-21-8-3-4-9-22(21)31(39)36(25)28/h3-14,17,25-26,28,34H,15-16H2,1-2H3,(H,33,38)(H,35,37)/t25-,26+,28+/m1/s1. The molecule has 0 saturated heterocycles. The molecule has 3 amide bonds. The van der Waals surface area contributed by atoms with Gasteiger partial charge in [-0.3, -0.25) is 14.4 Å². The highest BCUT2D eigenvalue weighted by Crippen LogP contribution is 2.46. The summed E-state index contributed by atoms with van der Waals surface area (Å²) in [5, 5.41) is 6.83. The van der Waals surface area contributed by atoms with Gasteiger partial charge in [-0.1, -0.05) is 62.4 Å². The van der Waals surface area contributed by atoms with Crippen LogP contribution in [0.15, 0.2) is 72.8 Å². The zero-order valence-electron chi connectivity index (χ0n) is 21.7. The van der Waals surface area contributed by atoms with Gasteiger partial charge >= 0.3 is 0 Å². The highest BCUT2D eigenvalue weighted by atomic mass is 19.1. The molecule has 2 aliphatic heterocycles. The first kappa shape index (κ1) is 24.9. The van der Waals surface area contributed by atoms with E-state index in [4.69, 9.17) is 0 Å². The van der Waals surface area contributed by atoms with Crippen LogP contribution in [0.25, 0.3) is 10.9 Å². The van der Waals surface area contributed by atoms with Gasteiger partial charge in [-0.15, -0.1) is 0 Å². The molecular weight excluding hydrogens is 495 g/mol. The molecule has 8 heteroatoms. The minimum Gasteiger partial charge on any atom is -0.356 e. The number of carbonyl (C=O) groups is 3. The van der Waals surface area contributed by atoms with E-state index >= 15 is 0 Å². The van der Waals surface area contributed by atoms with Crippen LogP contribution >= 0.6 is 0 Å². The summed E-state index contributed by atoms with van der Waals surface area (Å²) in [7, 11) is 0. The molecule has 0 spiro atoms. The molecule has 6 rings (SSSR count). The lowest BCUT2D eigenvalue weighted by molar-refractivity contribution is -0.133. The van der Waals surface area contributed by atoms with Gasteiger partial charge in [0.1, 0.15) is 17.9 Å². The van der Waals surface area contributed by atoms with E-state index in [1.807, 2.05) is 56.3 Å². The number of para-hydroxylation sites is 1. The number of amides is 3. The van der Waals surface area contributed by atoms with Crippen molar-refractivity contribution >= 4 is 28.6 Å². The molecule has 0 aliphatic carbocycles. The molecule has 3 aromatic carbocycles. The molecule has 0 saturated carbocycles. The number of hydrogen-bond acceptors (Lipinski definition) is 3. The molecule has 3 atom stereocenters. The topological polar surface area (TPSA) is 94.3 Å². The molecule has 0 unspecified atom stereocenters. The molecule has 0 radical (unpaired) electrons. The summed E-state index contributed by atoms with van der Waals surface area (Å²) >= 11 is 0. The second-order valence-corrected chi connectivity index (χ2v) is 10.6. The van der Waals surface area contributed by atoms with Gasteiger partial charge in [0.15, 0.2) is 0 Å². The van der Waals surface area contributed by atoms with E-state index in [1.165, 1.54) is 12.1 Å². The Morgan fingerprint density at radius 1 is 1.03 bits per heavy atom. The number of aromatic nitrogens is 1. The van der Waals surface area contributed by atoms with Crippen molar-refractivity contribution in [3.05, 3.63) is 107 Å². The Hall–Kier alpha value is -4.46. The largest absolute Gasteiger partial charge is 0.356 e. The van der Waals surface area contributed by atoms with Gasteiger partial charge in [0, 0.05) is 35.1 Å². The molecule has 0 fully saturated rings. The fraction of sp³-hybridized carbons (Fsp3) is 0.258. The molecular formula is C31H29FN4O3. The maximum atomic E-state index is 13.9. The molecule has 3 heterocycles. The monoisotopic (exact) mass is 524 g/mol. The van der Waals surface area contributed by atoms with Crippen molar-refractivity contribution in [2.75, 3.05) is 0 Å². The predicted octanol–water partition coefficient (Wildman–Crippen LogP) is 4.23. The van der Waals surface area contributed by atoms with Gasteiger partial charge in [0.2, 0.25) is 11.8 Å². The van der Waals surface area contributed by atoms with E-state index in [2.05, 4.69) is 15.6 Å². The molecule has 4 aromatic rings. The number of nitrogens with zero attached hydrogens (tertiary/aromatic N) is 1. The fourth-order valence-electron chi connectivity index (χ4n) is 5.82. The first-order chi connectivity index (χ1) is 18.8. The highest BCUT2D eigenvalue weighted by molar-refractivity contribution is 6.04. The number of hydrogen-bond donors (Lipinski definition) is 3. The van der Waals surface area contributed by atoms with Crippen molar-refractivity contribution in [3.63, 3.8) is 0 Å². The third kappa shape index (κ3) is 4.26. The van der Waals surface area contributed by atoms with Crippen LogP contribution in [0.1, 0.15) is 52.6 Å². The average Bonchev–Trinajstić information content (AvgIpc) is 3.46. The Balaban J connectivity index is 1.30. The van der Waals surface area contributed by atoms with Gasteiger partial charge in [0.25, 0.3) is 5.91 Å². The first-order valence-electron chi connectivity index (χ1n) is 13.2. The lowest BCUT2D eigenvalue weighted by atomic mass is 9.89. The smallest absolute Gasteiger partial charge is 0.255 e. The Morgan fingerprint density at radius 2 is 1.74 bits per heavy atom. The zero-order chi connectivity index (χ0) is 27.3. The van der Waals surface area contributed by atoms with Crippen molar-refractivity contribution in [1.82, 2.24) is 20.5 Å². The van der Waals surface area contributed by atoms with Crippen molar-refractivity contribution in [3.8, 4) is 0 Å². The van der Waals surface area contributed by atoms with Crippen molar-refractivity contribution in [1.29, 1.82) is 0 Å². The average molecular weight is 525 g/mol. The summed E-state index contributed by atoms with van der Waals surface area (Å²) in [6, 6.07) is 19.3. The number of rotatable bonds is 6. The van der Waals surface area contributed by atoms with Crippen LogP contribution in [0.3, 0.4) is 0 Å². The maximum Gasteiger partial charge on any atom is 0.255 e. The van der Waals surface area contributed by atoms with Gasteiger partial charge in [-0.25, -0.2) is 4.39 Å². The van der Waals surface area contributed by atoms with Crippen LogP contribution < -0.4 is 10.6 Å². The van der Waals surface area contributed by atoms with Gasteiger partial charge in [-0.05, 0) is 46.9 Å². The lowest BCUT2D eigenvalue weighted by Gasteiger charge is -2.38. The third-order valence-electron chi connectivity index (χ3n) is 7.78. The lowest BCUT2D eigenvalue weighted by Crippen LogP contribution is -2.57. The Kier molecular flexibility index (Phi) is 6.17. The molecule has 2 aliphatic rings. The summed E-state index contributed by atoms with van der Waals surface area (Å²) in [5.41, 5.74) is 5.10. The van der Waals surface area contributed by atoms with Crippen molar-refractivity contribution < 1.29 is 18.8 Å². The van der Waals surface area contributed by atoms with Crippen LogP contribution in [0.5, 0.6) is 0 Å². The Morgan fingerprint density at radius 3 is 2.51 bits per heavy atom. The Labute approximate surface area is 225 Å². The van der Waals surface area contributed by atoms with Crippen molar-refractivity contribution in [2.24, 2.45) is 5.92 Å². The van der Waals surface area contributed by atoms with Crippen LogP contribution in [-0.2, 0) is 22.6 Å². The summed E-state index contributed by atoms with van der Waals surface area (Å²) in [4.78, 5) is 45.9. The molecule has 39 heavy (non-hydrogen) atoms. The number of halogens is 1. The number of aromatic amines is 1. The van der Waals surface area contributed by atoms with Gasteiger partial charge in [0.05, 0.1) is 6.04 Å². The fourth-order valence-corrected chi connectivity index (χ4v) is 5.82. The van der Waals surface area contributed by atoms with Gasteiger partial charge in [-0.2, -0.15) is 0 Å². The summed E-state index contributed by atoms with van der Waals surface area (Å²) in [6.07, 6.45) is 0.337. The zero-order valence-corrected chi connectivity index (χ0v) is 21.7. The summed E-state index contributed by atoms with van der Waals surface area (Å²) in [5.74, 6) is -1.44. The number of nitrogens with one attached hydrogen (secondary N) is 3. The molecule has 0 bridgehead atoms. The quantitative estimate of drug-likeness (QED) is 0.352. The van der Waals surface area contributed by atoms with Crippen molar-refractivity contribution in [2.45, 2.75) is 44.9 Å². The molecule has 7 nitrogen and oxygen atoms in total. The van der Waals surface area contributed by atoms with E-state index in [9.17, 15) is 18.8 Å². The van der Waals surface area contributed by atoms with Crippen LogP contribution in [-0.4, -0.2) is 39.7 Å². The maximum absolute atomic E-state index is 13.9. The van der Waals surface area contributed by atoms with E-state index in [-0.39, 0.29) is 36.0 Å². The predicted molar refractivity (Wildman–Crippen MR) is 145 cm³/mol. The van der Waals surface area contributed by atoms with Gasteiger partial charge < -0.3 is 20.5 Å². The molecule has 1 aromatic heterocycles. The molecule has 198 valence electrons. The minimum absolute atomic E-state index is 0.193. The van der Waals surface area contributed by atoms with E-state index in [0.717, 1.165) is 33.3 Å². The van der Waals surface area contributed by atoms with Crippen LogP contribution in [0, 0.1) is 11.7 Å². The van der Waals surface area contributed by atoms with Crippen LogP contribution in [0.2, 0.25) is 0 Å². The summed E-state index contributed by atoms with van der Waals surface area (Å²) in [6.45, 7) is 3.93. The minimum atomic E-state index is -0.805. The Bertz CT molecular complexity index is 1590. The van der Waals surface area contributed by atoms with E-state index in [0.29, 0.717) is 12.0 Å². The van der Waals surface area contributed by atoms with E-state index in [1.54, 1.807) is 23.1 Å². The number of carbonyl (C=O) groups excluding carboxylic acids is 3. The number of H-pyrrole nitrogens is 1. The second kappa shape index (κ2) is 9.69. The number of fused-ring (bicyclic) bond motifs is 7. The third-order valence-corrected chi connectivity index (χ3v) is 7.78. The molecule has 3 N–H and O–H groups in total. The summed E-state index contributed by atoms with van der Waals surface area (Å²) < 4.78 is 13.2. The first-order valence-corrected chi connectivity index (χ1v) is 13.2. The SMILES string of the molecule is CC(C)[C@H](NC(=O)[C@H]1Cc2c([nH]c3ccccc23)[C@@H]2c3ccccc3C(=O)N21)C(=O)NCc1ccc(F)cc1. The normalized spacial score (nSPS) is 18.5. The van der Waals surface area contributed by atoms with E-state index < -0.39 is 18.1 Å². The van der Waals surface area contributed by atoms with Crippen LogP contribution in [0.4, 0.5) is 4.39 Å². The second-order valence-electron chi connectivity index (χ2n) is 10.6. The highest BCUT2D eigenvalue weighted by Gasteiger charge is 2.49.